The fraction of sp³-hybridized carbons (Fsp3) is 0.350. The lowest BCUT2D eigenvalue weighted by molar-refractivity contribution is -0.121. The van der Waals surface area contributed by atoms with E-state index in [4.69, 9.17) is 4.42 Å². The minimum absolute atomic E-state index is 0.110. The highest BCUT2D eigenvalue weighted by molar-refractivity contribution is 6.06. The van der Waals surface area contributed by atoms with Gasteiger partial charge in [0.2, 0.25) is 5.91 Å². The van der Waals surface area contributed by atoms with E-state index in [9.17, 15) is 14.8 Å². The highest BCUT2D eigenvalue weighted by Crippen LogP contribution is 2.38. The topological polar surface area (TPSA) is 104 Å². The molecular weight excluding hydrogens is 346 g/mol. The van der Waals surface area contributed by atoms with Gasteiger partial charge in [-0.05, 0) is 24.3 Å². The molecule has 2 aromatic rings. The van der Waals surface area contributed by atoms with Crippen molar-refractivity contribution >= 4 is 17.5 Å². The molecule has 7 nitrogen and oxygen atoms in total. The SMILES string of the molecule is Cc1c(C(=O)NNC(=O)Cc2ccccc2)oc2c1/C(=N\O)CC(C)(C)C2. The first-order valence-electron chi connectivity index (χ1n) is 8.77. The number of nitrogens with one attached hydrogen (secondary N) is 2. The molecule has 2 amide bonds. The molecule has 27 heavy (non-hydrogen) atoms. The Kier molecular flexibility index (Phi) is 5.03. The molecule has 1 aliphatic rings. The smallest absolute Gasteiger partial charge is 0.305 e. The van der Waals surface area contributed by atoms with Gasteiger partial charge in [0.15, 0.2) is 5.76 Å². The highest BCUT2D eigenvalue weighted by atomic mass is 16.4. The number of carbonyl (C=O) groups is 2. The Morgan fingerprint density at radius 3 is 2.56 bits per heavy atom. The van der Waals surface area contributed by atoms with E-state index >= 15 is 0 Å². The van der Waals surface area contributed by atoms with Gasteiger partial charge in [0.1, 0.15) is 5.76 Å². The second-order valence-electron chi connectivity index (χ2n) is 7.58. The lowest BCUT2D eigenvalue weighted by Crippen LogP contribution is -2.42. The number of fused-ring (bicyclic) bond motifs is 1. The first-order chi connectivity index (χ1) is 12.8. The Labute approximate surface area is 157 Å². The van der Waals surface area contributed by atoms with Gasteiger partial charge in [-0.25, -0.2) is 0 Å². The summed E-state index contributed by atoms with van der Waals surface area (Å²) in [5.41, 5.74) is 7.29. The van der Waals surface area contributed by atoms with Crippen LogP contribution in [0, 0.1) is 12.3 Å². The van der Waals surface area contributed by atoms with Crippen LogP contribution < -0.4 is 10.9 Å². The van der Waals surface area contributed by atoms with Crippen molar-refractivity contribution in [1.82, 2.24) is 10.9 Å². The number of hydrazine groups is 1. The summed E-state index contributed by atoms with van der Waals surface area (Å²) in [6, 6.07) is 9.24. The van der Waals surface area contributed by atoms with Crippen molar-refractivity contribution in [2.75, 3.05) is 0 Å². The van der Waals surface area contributed by atoms with E-state index in [1.165, 1.54) is 0 Å². The maximum atomic E-state index is 12.5. The Hall–Kier alpha value is -3.09. The molecule has 1 heterocycles. The van der Waals surface area contributed by atoms with E-state index in [1.807, 2.05) is 44.2 Å². The zero-order valence-electron chi connectivity index (χ0n) is 15.6. The highest BCUT2D eigenvalue weighted by Gasteiger charge is 2.36. The Morgan fingerprint density at radius 2 is 1.89 bits per heavy atom. The summed E-state index contributed by atoms with van der Waals surface area (Å²) < 4.78 is 5.76. The van der Waals surface area contributed by atoms with E-state index in [0.717, 1.165) is 5.56 Å². The molecule has 0 unspecified atom stereocenters. The third-order valence-corrected chi connectivity index (χ3v) is 4.64. The molecule has 142 valence electrons. The van der Waals surface area contributed by atoms with Crippen molar-refractivity contribution in [3.05, 3.63) is 58.5 Å². The van der Waals surface area contributed by atoms with Crippen LogP contribution in [0.25, 0.3) is 0 Å². The second-order valence-corrected chi connectivity index (χ2v) is 7.58. The maximum Gasteiger partial charge on any atom is 0.305 e. The predicted molar refractivity (Wildman–Crippen MR) is 99.6 cm³/mol. The molecule has 3 N–H and O–H groups in total. The Balaban J connectivity index is 1.71. The Bertz CT molecular complexity index is 897. The maximum absolute atomic E-state index is 12.5. The molecule has 0 saturated heterocycles. The second kappa shape index (κ2) is 7.26. The number of oxime groups is 1. The molecule has 0 fully saturated rings. The number of furan rings is 1. The fourth-order valence-electron chi connectivity index (χ4n) is 3.42. The normalized spacial score (nSPS) is 16.6. The van der Waals surface area contributed by atoms with Crippen molar-refractivity contribution in [2.24, 2.45) is 10.6 Å². The predicted octanol–water partition coefficient (Wildman–Crippen LogP) is 2.74. The molecule has 0 bridgehead atoms. The summed E-state index contributed by atoms with van der Waals surface area (Å²) >= 11 is 0. The van der Waals surface area contributed by atoms with Crippen LogP contribution in [0.2, 0.25) is 0 Å². The molecule has 1 aromatic heterocycles. The molecule has 0 atom stereocenters. The number of carbonyl (C=O) groups excluding carboxylic acids is 2. The zero-order valence-corrected chi connectivity index (χ0v) is 15.6. The van der Waals surface area contributed by atoms with Crippen molar-refractivity contribution in [1.29, 1.82) is 0 Å². The van der Waals surface area contributed by atoms with E-state index in [2.05, 4.69) is 16.0 Å². The number of hydrogen-bond acceptors (Lipinski definition) is 5. The largest absolute Gasteiger partial charge is 0.455 e. The van der Waals surface area contributed by atoms with Gasteiger partial charge < -0.3 is 9.62 Å². The standard InChI is InChI=1S/C20H23N3O4/c1-12-17-14(23-26)10-20(2,3)11-15(17)27-18(12)19(25)22-21-16(24)9-13-7-5-4-6-8-13/h4-8,26H,9-11H2,1-3H3,(H,21,24)(H,22,25)/b23-14-. The van der Waals surface area contributed by atoms with Crippen LogP contribution in [0.4, 0.5) is 0 Å². The number of rotatable bonds is 3. The summed E-state index contributed by atoms with van der Waals surface area (Å²) in [6.07, 6.45) is 1.38. The third-order valence-electron chi connectivity index (χ3n) is 4.64. The van der Waals surface area contributed by atoms with Crippen LogP contribution in [0.15, 0.2) is 39.9 Å². The van der Waals surface area contributed by atoms with Crippen molar-refractivity contribution in [3.8, 4) is 0 Å². The summed E-state index contributed by atoms with van der Waals surface area (Å²) in [4.78, 5) is 24.5. The molecule has 0 saturated carbocycles. The Morgan fingerprint density at radius 1 is 1.19 bits per heavy atom. The molecule has 0 aliphatic heterocycles. The summed E-state index contributed by atoms with van der Waals surface area (Å²) in [5.74, 6) is -0.142. The number of hydrogen-bond donors (Lipinski definition) is 3. The fourth-order valence-corrected chi connectivity index (χ4v) is 3.42. The van der Waals surface area contributed by atoms with Gasteiger partial charge >= 0.3 is 5.91 Å². The van der Waals surface area contributed by atoms with Crippen LogP contribution in [-0.4, -0.2) is 22.7 Å². The molecule has 0 spiro atoms. The van der Waals surface area contributed by atoms with Crippen molar-refractivity contribution in [2.45, 2.75) is 40.0 Å². The van der Waals surface area contributed by atoms with Crippen LogP contribution in [-0.2, 0) is 17.6 Å². The van der Waals surface area contributed by atoms with Gasteiger partial charge in [0, 0.05) is 17.5 Å². The minimum atomic E-state index is -0.543. The van der Waals surface area contributed by atoms with E-state index in [0.29, 0.717) is 35.4 Å². The van der Waals surface area contributed by atoms with E-state index < -0.39 is 5.91 Å². The summed E-state index contributed by atoms with van der Waals surface area (Å²) in [5, 5.41) is 12.7. The first kappa shape index (κ1) is 18.7. The van der Waals surface area contributed by atoms with Gasteiger partial charge in [0.25, 0.3) is 0 Å². The number of amides is 2. The number of nitrogens with zero attached hydrogens (tertiary/aromatic N) is 1. The lowest BCUT2D eigenvalue weighted by atomic mass is 9.75. The van der Waals surface area contributed by atoms with Crippen molar-refractivity contribution < 1.29 is 19.2 Å². The minimum Gasteiger partial charge on any atom is -0.455 e. The summed E-state index contributed by atoms with van der Waals surface area (Å²) in [7, 11) is 0. The lowest BCUT2D eigenvalue weighted by Gasteiger charge is -2.28. The molecular formula is C20H23N3O4. The average molecular weight is 369 g/mol. The monoisotopic (exact) mass is 369 g/mol. The van der Waals surface area contributed by atoms with Gasteiger partial charge in [-0.1, -0.05) is 49.3 Å². The van der Waals surface area contributed by atoms with Crippen LogP contribution >= 0.6 is 0 Å². The molecule has 0 radical (unpaired) electrons. The third kappa shape index (κ3) is 4.02. The van der Waals surface area contributed by atoms with Gasteiger partial charge in [0.05, 0.1) is 12.1 Å². The van der Waals surface area contributed by atoms with Crippen LogP contribution in [0.3, 0.4) is 0 Å². The first-order valence-corrected chi connectivity index (χ1v) is 8.77. The number of benzene rings is 1. The average Bonchev–Trinajstić information content (AvgIpc) is 2.95. The van der Waals surface area contributed by atoms with E-state index in [-0.39, 0.29) is 23.5 Å². The van der Waals surface area contributed by atoms with Crippen LogP contribution in [0.1, 0.15) is 53.3 Å². The zero-order chi connectivity index (χ0) is 19.6. The van der Waals surface area contributed by atoms with Crippen LogP contribution in [0.5, 0.6) is 0 Å². The summed E-state index contributed by atoms with van der Waals surface area (Å²) in [6.45, 7) is 5.83. The van der Waals surface area contributed by atoms with Gasteiger partial charge in [-0.2, -0.15) is 0 Å². The molecule has 7 heteroatoms. The molecule has 1 aromatic carbocycles. The molecule has 1 aliphatic carbocycles. The van der Waals surface area contributed by atoms with Gasteiger partial charge in [-0.3, -0.25) is 20.4 Å². The van der Waals surface area contributed by atoms with E-state index in [1.54, 1.807) is 6.92 Å². The van der Waals surface area contributed by atoms with Gasteiger partial charge in [-0.15, -0.1) is 0 Å². The quantitative estimate of drug-likeness (QED) is 0.571. The van der Waals surface area contributed by atoms with Crippen molar-refractivity contribution in [3.63, 3.8) is 0 Å². The molecule has 3 rings (SSSR count).